The van der Waals surface area contributed by atoms with Crippen molar-refractivity contribution in [1.82, 2.24) is 4.98 Å². The van der Waals surface area contributed by atoms with E-state index < -0.39 is 4.92 Å². The summed E-state index contributed by atoms with van der Waals surface area (Å²) in [7, 11) is 0. The van der Waals surface area contributed by atoms with E-state index in [9.17, 15) is 10.1 Å². The summed E-state index contributed by atoms with van der Waals surface area (Å²) in [5.74, 6) is 1.71. The monoisotopic (exact) mass is 273 g/mol. The molecule has 6 nitrogen and oxygen atoms in total. The van der Waals surface area contributed by atoms with Crippen LogP contribution in [0.15, 0.2) is 6.07 Å². The molecule has 0 aromatic carbocycles. The standard InChI is InChI=1S/C14H15N3O3/c1-8-10-3-2-9(4-10)7-20-13-5-12(17(18)19)11(6-15)16-14(8)13/h5,8-10H,2-4,7H2,1H3/t8?,9-,10?/m1/s1. The maximum absolute atomic E-state index is 11.0. The lowest BCUT2D eigenvalue weighted by atomic mass is 9.87. The Morgan fingerprint density at radius 1 is 1.55 bits per heavy atom. The van der Waals surface area contributed by atoms with Crippen LogP contribution in [-0.4, -0.2) is 16.5 Å². The van der Waals surface area contributed by atoms with E-state index >= 15 is 0 Å². The van der Waals surface area contributed by atoms with Crippen LogP contribution in [0.1, 0.15) is 43.5 Å². The molecule has 1 aromatic heterocycles. The molecule has 0 radical (unpaired) electrons. The zero-order valence-corrected chi connectivity index (χ0v) is 11.2. The zero-order valence-electron chi connectivity index (χ0n) is 11.2. The van der Waals surface area contributed by atoms with Gasteiger partial charge in [-0.15, -0.1) is 0 Å². The number of rotatable bonds is 1. The SMILES string of the molecule is CC1c2nc(C#N)c([N+](=O)[O-])cc2OC[C@@H]2CCC1C2. The van der Waals surface area contributed by atoms with Gasteiger partial charge in [-0.3, -0.25) is 10.1 Å². The lowest BCUT2D eigenvalue weighted by Crippen LogP contribution is -2.18. The van der Waals surface area contributed by atoms with Crippen LogP contribution in [0.25, 0.3) is 0 Å². The summed E-state index contributed by atoms with van der Waals surface area (Å²) >= 11 is 0. The van der Waals surface area contributed by atoms with Crippen molar-refractivity contribution in [3.63, 3.8) is 0 Å². The highest BCUT2D eigenvalue weighted by molar-refractivity contribution is 5.51. The van der Waals surface area contributed by atoms with Gasteiger partial charge in [-0.05, 0) is 31.1 Å². The molecule has 1 fully saturated rings. The normalized spacial score (nSPS) is 27.7. The lowest BCUT2D eigenvalue weighted by Gasteiger charge is -2.24. The van der Waals surface area contributed by atoms with Gasteiger partial charge in [0.25, 0.3) is 0 Å². The van der Waals surface area contributed by atoms with Crippen molar-refractivity contribution in [2.24, 2.45) is 11.8 Å². The number of aromatic nitrogens is 1. The molecule has 0 N–H and O–H groups in total. The van der Waals surface area contributed by atoms with Gasteiger partial charge in [0.2, 0.25) is 5.69 Å². The van der Waals surface area contributed by atoms with Crippen molar-refractivity contribution >= 4 is 5.69 Å². The number of nitrogens with zero attached hydrogens (tertiary/aromatic N) is 3. The first-order chi connectivity index (χ1) is 9.60. The average Bonchev–Trinajstić information content (AvgIpc) is 2.92. The fraction of sp³-hybridized carbons (Fsp3) is 0.571. The number of hydrogen-bond acceptors (Lipinski definition) is 5. The summed E-state index contributed by atoms with van der Waals surface area (Å²) < 4.78 is 5.74. The molecular weight excluding hydrogens is 258 g/mol. The molecule has 3 atom stereocenters. The van der Waals surface area contributed by atoms with Crippen LogP contribution >= 0.6 is 0 Å². The highest BCUT2D eigenvalue weighted by Crippen LogP contribution is 2.45. The second-order valence-corrected chi connectivity index (χ2v) is 5.65. The van der Waals surface area contributed by atoms with E-state index in [4.69, 9.17) is 10.00 Å². The highest BCUT2D eigenvalue weighted by Gasteiger charge is 2.35. The van der Waals surface area contributed by atoms with Crippen molar-refractivity contribution in [3.8, 4) is 11.8 Å². The fourth-order valence-corrected chi connectivity index (χ4v) is 3.31. The molecule has 20 heavy (non-hydrogen) atoms. The van der Waals surface area contributed by atoms with Crippen LogP contribution in [0.3, 0.4) is 0 Å². The summed E-state index contributed by atoms with van der Waals surface area (Å²) in [6, 6.07) is 3.18. The summed E-state index contributed by atoms with van der Waals surface area (Å²) in [6.45, 7) is 2.65. The molecule has 2 unspecified atom stereocenters. The molecule has 2 aliphatic rings. The summed E-state index contributed by atoms with van der Waals surface area (Å²) in [4.78, 5) is 14.7. The average molecular weight is 273 g/mol. The topological polar surface area (TPSA) is 89.0 Å². The van der Waals surface area contributed by atoms with Crippen LogP contribution in [0.4, 0.5) is 5.69 Å². The van der Waals surface area contributed by atoms with Crippen LogP contribution in [-0.2, 0) is 0 Å². The van der Waals surface area contributed by atoms with Crippen molar-refractivity contribution in [2.75, 3.05) is 6.61 Å². The van der Waals surface area contributed by atoms with E-state index in [2.05, 4.69) is 11.9 Å². The third-order valence-electron chi connectivity index (χ3n) is 4.49. The van der Waals surface area contributed by atoms with Crippen molar-refractivity contribution in [1.29, 1.82) is 5.26 Å². The molecule has 3 rings (SSSR count). The Bertz CT molecular complexity index is 608. The first-order valence-corrected chi connectivity index (χ1v) is 6.82. The first kappa shape index (κ1) is 12.9. The van der Waals surface area contributed by atoms with Gasteiger partial charge in [-0.1, -0.05) is 6.92 Å². The summed E-state index contributed by atoms with van der Waals surface area (Å²) in [6.07, 6.45) is 3.38. The zero-order chi connectivity index (χ0) is 14.3. The van der Waals surface area contributed by atoms with Gasteiger partial charge in [0, 0.05) is 5.92 Å². The molecule has 1 aromatic rings. The molecule has 2 heterocycles. The smallest absolute Gasteiger partial charge is 0.309 e. The Balaban J connectivity index is 2.11. The Labute approximate surface area is 116 Å². The predicted octanol–water partition coefficient (Wildman–Crippen LogP) is 2.77. The number of pyridine rings is 1. The summed E-state index contributed by atoms with van der Waals surface area (Å²) in [5, 5.41) is 20.1. The third-order valence-corrected chi connectivity index (χ3v) is 4.49. The Morgan fingerprint density at radius 3 is 3.05 bits per heavy atom. The minimum atomic E-state index is -0.576. The molecule has 104 valence electrons. The molecule has 1 saturated carbocycles. The van der Waals surface area contributed by atoms with Gasteiger partial charge in [0.05, 0.1) is 23.3 Å². The Hall–Kier alpha value is -2.16. The number of hydrogen-bond donors (Lipinski definition) is 0. The van der Waals surface area contributed by atoms with Crippen molar-refractivity contribution in [2.45, 2.75) is 32.1 Å². The number of fused-ring (bicyclic) bond motifs is 3. The molecule has 0 saturated heterocycles. The molecule has 6 heteroatoms. The van der Waals surface area contributed by atoms with Gasteiger partial charge in [0.15, 0.2) is 0 Å². The van der Waals surface area contributed by atoms with Crippen molar-refractivity contribution in [3.05, 3.63) is 27.6 Å². The number of ether oxygens (including phenoxy) is 1. The minimum absolute atomic E-state index is 0.126. The molecular formula is C14H15N3O3. The highest BCUT2D eigenvalue weighted by atomic mass is 16.6. The number of nitriles is 1. The summed E-state index contributed by atoms with van der Waals surface area (Å²) in [5.41, 5.74) is 0.295. The van der Waals surface area contributed by atoms with Gasteiger partial charge in [0.1, 0.15) is 11.8 Å². The number of nitro groups is 1. The lowest BCUT2D eigenvalue weighted by molar-refractivity contribution is -0.385. The Kier molecular flexibility index (Phi) is 3.05. The van der Waals surface area contributed by atoms with Crippen LogP contribution < -0.4 is 4.74 Å². The van der Waals surface area contributed by atoms with E-state index in [1.54, 1.807) is 0 Å². The van der Waals surface area contributed by atoms with Crippen LogP contribution in [0.5, 0.6) is 5.75 Å². The maximum Gasteiger partial charge on any atom is 0.309 e. The van der Waals surface area contributed by atoms with E-state index in [1.807, 2.05) is 6.07 Å². The van der Waals surface area contributed by atoms with Gasteiger partial charge in [-0.25, -0.2) is 4.98 Å². The maximum atomic E-state index is 11.0. The fourth-order valence-electron chi connectivity index (χ4n) is 3.31. The largest absolute Gasteiger partial charge is 0.491 e. The van der Waals surface area contributed by atoms with Crippen LogP contribution in [0, 0.1) is 33.3 Å². The molecule has 1 aliphatic heterocycles. The quantitative estimate of drug-likeness (QED) is 0.579. The molecule has 1 aliphatic carbocycles. The first-order valence-electron chi connectivity index (χ1n) is 6.82. The van der Waals surface area contributed by atoms with E-state index in [0.717, 1.165) is 19.3 Å². The van der Waals surface area contributed by atoms with Gasteiger partial charge in [-0.2, -0.15) is 5.26 Å². The van der Waals surface area contributed by atoms with E-state index in [0.29, 0.717) is 29.9 Å². The molecule has 0 spiro atoms. The van der Waals surface area contributed by atoms with Crippen LogP contribution in [0.2, 0.25) is 0 Å². The van der Waals surface area contributed by atoms with Crippen molar-refractivity contribution < 1.29 is 9.66 Å². The molecule has 0 amide bonds. The van der Waals surface area contributed by atoms with Gasteiger partial charge < -0.3 is 4.74 Å². The van der Waals surface area contributed by atoms with E-state index in [-0.39, 0.29) is 17.3 Å². The van der Waals surface area contributed by atoms with Gasteiger partial charge >= 0.3 is 5.69 Å². The third kappa shape index (κ3) is 1.99. The predicted molar refractivity (Wildman–Crippen MR) is 70.3 cm³/mol. The van der Waals surface area contributed by atoms with E-state index in [1.165, 1.54) is 6.07 Å². The second-order valence-electron chi connectivity index (χ2n) is 5.65. The minimum Gasteiger partial charge on any atom is -0.491 e. The molecule has 2 bridgehead atoms. The second kappa shape index (κ2) is 4.75. The Morgan fingerprint density at radius 2 is 2.35 bits per heavy atom.